The number of carbonyl (C=O) groups is 1. The second-order valence-electron chi connectivity index (χ2n) is 7.25. The summed E-state index contributed by atoms with van der Waals surface area (Å²) in [7, 11) is 0. The molecule has 3 aromatic heterocycles. The molecule has 1 aliphatic carbocycles. The van der Waals surface area contributed by atoms with Gasteiger partial charge >= 0.3 is 0 Å². The summed E-state index contributed by atoms with van der Waals surface area (Å²) < 4.78 is 2.14. The SMILES string of the molecule is CC1CCc2c(-c3nnc(SCC(=O)Nc4nncs4)n3C(C)C)csc2C1. The molecule has 1 amide bonds. The van der Waals surface area contributed by atoms with E-state index in [4.69, 9.17) is 0 Å². The van der Waals surface area contributed by atoms with Crippen LogP contribution in [0, 0.1) is 5.92 Å². The predicted molar refractivity (Wildman–Crippen MR) is 114 cm³/mol. The smallest absolute Gasteiger partial charge is 0.236 e. The summed E-state index contributed by atoms with van der Waals surface area (Å²) in [5.74, 6) is 1.79. The van der Waals surface area contributed by atoms with Crippen molar-refractivity contribution in [3.8, 4) is 11.4 Å². The molecule has 0 bridgehead atoms. The average Bonchev–Trinajstić information content (AvgIpc) is 3.38. The molecule has 1 N–H and O–H groups in total. The van der Waals surface area contributed by atoms with Gasteiger partial charge in [0.15, 0.2) is 11.0 Å². The van der Waals surface area contributed by atoms with Gasteiger partial charge in [0, 0.05) is 21.9 Å². The summed E-state index contributed by atoms with van der Waals surface area (Å²) in [6.45, 7) is 6.57. The highest BCUT2D eigenvalue weighted by atomic mass is 32.2. The summed E-state index contributed by atoms with van der Waals surface area (Å²) >= 11 is 4.54. The van der Waals surface area contributed by atoms with Gasteiger partial charge in [-0.25, -0.2) is 0 Å². The number of rotatable bonds is 6. The van der Waals surface area contributed by atoms with E-state index >= 15 is 0 Å². The largest absolute Gasteiger partial charge is 0.300 e. The van der Waals surface area contributed by atoms with E-state index in [-0.39, 0.29) is 17.7 Å². The lowest BCUT2D eigenvalue weighted by atomic mass is 9.88. The maximum atomic E-state index is 12.2. The molecule has 7 nitrogen and oxygen atoms in total. The van der Waals surface area contributed by atoms with E-state index in [1.54, 1.807) is 5.51 Å². The van der Waals surface area contributed by atoms with Gasteiger partial charge in [0.1, 0.15) is 5.51 Å². The molecule has 0 saturated heterocycles. The van der Waals surface area contributed by atoms with Crippen molar-refractivity contribution in [3.05, 3.63) is 21.3 Å². The number of amides is 1. The zero-order valence-electron chi connectivity index (χ0n) is 16.0. The predicted octanol–water partition coefficient (Wildman–Crippen LogP) is 4.29. The Bertz CT molecular complexity index is 962. The molecule has 0 aromatic carbocycles. The van der Waals surface area contributed by atoms with Gasteiger partial charge in [-0.1, -0.05) is 30.0 Å². The molecule has 148 valence electrons. The van der Waals surface area contributed by atoms with Gasteiger partial charge in [-0.3, -0.25) is 14.7 Å². The van der Waals surface area contributed by atoms with Crippen LogP contribution in [0.25, 0.3) is 11.4 Å². The standard InChI is InChI=1S/C18H22N6OS3/c1-10(2)24-16(13-7-26-14-6-11(3)4-5-12(13)14)21-23-18(24)27-8-15(25)20-17-22-19-9-28-17/h7,9-11H,4-6,8H2,1-3H3,(H,20,22,25). The van der Waals surface area contributed by atoms with Crippen LogP contribution in [0.15, 0.2) is 16.0 Å². The van der Waals surface area contributed by atoms with Gasteiger partial charge in [-0.2, -0.15) is 0 Å². The Morgan fingerprint density at radius 1 is 1.36 bits per heavy atom. The Morgan fingerprint density at radius 2 is 2.21 bits per heavy atom. The molecule has 0 aliphatic heterocycles. The quantitative estimate of drug-likeness (QED) is 0.582. The van der Waals surface area contributed by atoms with Crippen molar-refractivity contribution in [2.75, 3.05) is 11.1 Å². The van der Waals surface area contributed by atoms with E-state index in [0.29, 0.717) is 5.13 Å². The van der Waals surface area contributed by atoms with Crippen LogP contribution in [0.4, 0.5) is 5.13 Å². The third kappa shape index (κ3) is 3.99. The lowest BCUT2D eigenvalue weighted by Gasteiger charge is -2.19. The molecule has 0 fully saturated rings. The molecule has 4 rings (SSSR count). The normalized spacial score (nSPS) is 16.4. The average molecular weight is 435 g/mol. The van der Waals surface area contributed by atoms with Gasteiger partial charge in [0.05, 0.1) is 5.75 Å². The Hall–Kier alpha value is -1.78. The van der Waals surface area contributed by atoms with Crippen molar-refractivity contribution in [3.63, 3.8) is 0 Å². The molecular weight excluding hydrogens is 412 g/mol. The fourth-order valence-corrected chi connectivity index (χ4v) is 5.97. The van der Waals surface area contributed by atoms with Crippen LogP contribution in [0.2, 0.25) is 0 Å². The Kier molecular flexibility index (Phi) is 5.79. The van der Waals surface area contributed by atoms with E-state index in [2.05, 4.69) is 56.4 Å². The highest BCUT2D eigenvalue weighted by Crippen LogP contribution is 2.39. The summed E-state index contributed by atoms with van der Waals surface area (Å²) in [5, 5.41) is 22.7. The Balaban J connectivity index is 1.54. The second-order valence-corrected chi connectivity index (χ2v) is 9.99. The Labute approximate surface area is 176 Å². The fraction of sp³-hybridized carbons (Fsp3) is 0.500. The maximum Gasteiger partial charge on any atom is 0.236 e. The number of aromatic nitrogens is 5. The van der Waals surface area contributed by atoms with Crippen molar-refractivity contribution in [2.45, 2.75) is 51.2 Å². The number of thioether (sulfide) groups is 1. The first-order chi connectivity index (χ1) is 13.5. The number of fused-ring (bicyclic) bond motifs is 1. The monoisotopic (exact) mass is 434 g/mol. The highest BCUT2D eigenvalue weighted by molar-refractivity contribution is 7.99. The van der Waals surface area contributed by atoms with Crippen LogP contribution in [-0.4, -0.2) is 36.6 Å². The van der Waals surface area contributed by atoms with E-state index in [9.17, 15) is 4.79 Å². The van der Waals surface area contributed by atoms with E-state index < -0.39 is 0 Å². The second kappa shape index (κ2) is 8.30. The number of hydrogen-bond donors (Lipinski definition) is 1. The molecule has 0 spiro atoms. The molecule has 1 aliphatic rings. The minimum atomic E-state index is -0.122. The van der Waals surface area contributed by atoms with Crippen LogP contribution >= 0.6 is 34.4 Å². The number of carbonyl (C=O) groups excluding carboxylic acids is 1. The number of nitrogens with one attached hydrogen (secondary N) is 1. The van der Waals surface area contributed by atoms with Gasteiger partial charge in [0.25, 0.3) is 0 Å². The molecule has 1 unspecified atom stereocenters. The van der Waals surface area contributed by atoms with Crippen molar-refractivity contribution in [2.24, 2.45) is 5.92 Å². The molecule has 0 radical (unpaired) electrons. The van der Waals surface area contributed by atoms with Gasteiger partial charge < -0.3 is 0 Å². The number of thiophene rings is 1. The summed E-state index contributed by atoms with van der Waals surface area (Å²) in [4.78, 5) is 13.7. The van der Waals surface area contributed by atoms with Crippen molar-refractivity contribution in [1.29, 1.82) is 0 Å². The third-order valence-corrected chi connectivity index (χ3v) is 7.36. The molecule has 28 heavy (non-hydrogen) atoms. The van der Waals surface area contributed by atoms with Crippen molar-refractivity contribution >= 4 is 45.5 Å². The minimum absolute atomic E-state index is 0.122. The highest BCUT2D eigenvalue weighted by Gasteiger charge is 2.25. The van der Waals surface area contributed by atoms with Gasteiger partial charge in [-0.05, 0) is 44.6 Å². The topological polar surface area (TPSA) is 85.6 Å². The molecule has 1 atom stereocenters. The first kappa shape index (κ1) is 19.5. The van der Waals surface area contributed by atoms with Crippen LogP contribution in [0.3, 0.4) is 0 Å². The lowest BCUT2D eigenvalue weighted by molar-refractivity contribution is -0.113. The van der Waals surface area contributed by atoms with Gasteiger partial charge in [0.2, 0.25) is 11.0 Å². The van der Waals surface area contributed by atoms with Crippen LogP contribution < -0.4 is 5.32 Å². The fourth-order valence-electron chi connectivity index (χ4n) is 3.40. The van der Waals surface area contributed by atoms with Gasteiger partial charge in [-0.15, -0.1) is 31.7 Å². The maximum absolute atomic E-state index is 12.2. The van der Waals surface area contributed by atoms with Crippen LogP contribution in [0.5, 0.6) is 0 Å². The zero-order valence-corrected chi connectivity index (χ0v) is 18.5. The first-order valence-corrected chi connectivity index (χ1v) is 12.0. The molecular formula is C18H22N6OS3. The number of hydrogen-bond acceptors (Lipinski definition) is 8. The van der Waals surface area contributed by atoms with Crippen molar-refractivity contribution < 1.29 is 4.79 Å². The van der Waals surface area contributed by atoms with Crippen molar-refractivity contribution in [1.82, 2.24) is 25.0 Å². The summed E-state index contributed by atoms with van der Waals surface area (Å²) in [6, 6.07) is 0.205. The summed E-state index contributed by atoms with van der Waals surface area (Å²) in [5.41, 5.74) is 4.23. The van der Waals surface area contributed by atoms with E-state index in [0.717, 1.165) is 29.7 Å². The lowest BCUT2D eigenvalue weighted by Crippen LogP contribution is -2.15. The Morgan fingerprint density at radius 3 is 2.96 bits per heavy atom. The number of anilines is 1. The van der Waals surface area contributed by atoms with Crippen LogP contribution in [-0.2, 0) is 17.6 Å². The third-order valence-electron chi connectivity index (χ3n) is 4.76. The number of nitrogens with zero attached hydrogens (tertiary/aromatic N) is 5. The summed E-state index contributed by atoms with van der Waals surface area (Å²) in [6.07, 6.45) is 3.48. The molecule has 10 heteroatoms. The molecule has 3 heterocycles. The molecule has 3 aromatic rings. The minimum Gasteiger partial charge on any atom is -0.300 e. The molecule has 0 saturated carbocycles. The van der Waals surface area contributed by atoms with E-state index in [1.807, 2.05) is 11.3 Å². The van der Waals surface area contributed by atoms with Crippen LogP contribution in [0.1, 0.15) is 43.7 Å². The van der Waals surface area contributed by atoms with E-state index in [1.165, 1.54) is 45.5 Å². The first-order valence-electron chi connectivity index (χ1n) is 9.26. The zero-order chi connectivity index (χ0) is 19.7.